The average Bonchev–Trinajstić information content (AvgIpc) is 2.34. The van der Waals surface area contributed by atoms with Gasteiger partial charge in [0.1, 0.15) is 0 Å². The molecule has 3 nitrogen and oxygen atoms in total. The minimum Gasteiger partial charge on any atom is -1.00 e. The number of carbonyl (C=O) groups is 1. The number of aliphatic carboxylic acids is 1. The summed E-state index contributed by atoms with van der Waals surface area (Å²) in [6.07, 6.45) is 17.3. The summed E-state index contributed by atoms with van der Waals surface area (Å²) in [6, 6.07) is 0. The van der Waals surface area contributed by atoms with E-state index in [1.54, 1.807) is 0 Å². The Morgan fingerprint density at radius 1 is 0.750 bits per heavy atom. The van der Waals surface area contributed by atoms with Crippen LogP contribution in [0.1, 0.15) is 99.7 Å². The van der Waals surface area contributed by atoms with Crippen molar-refractivity contribution in [3.63, 3.8) is 0 Å². The van der Waals surface area contributed by atoms with Crippen LogP contribution in [-0.4, -0.2) is 54.3 Å². The maximum Gasteiger partial charge on any atom is 2.00 e. The molecule has 0 bridgehead atoms. The molecule has 0 aliphatic rings. The molecule has 0 heterocycles. The Bertz CT molecular complexity index is 196. The molecule has 120 valence electrons. The van der Waals surface area contributed by atoms with Gasteiger partial charge in [0.15, 0.2) is 0 Å². The summed E-state index contributed by atoms with van der Waals surface area (Å²) in [5, 5.41) is 8.49. The van der Waals surface area contributed by atoms with Crippen molar-refractivity contribution in [3.8, 4) is 0 Å². The van der Waals surface area contributed by atoms with Gasteiger partial charge in [-0.2, -0.15) is 0 Å². The second kappa shape index (κ2) is 22.0. The molecule has 0 unspecified atom stereocenters. The number of hydrogen-bond donors (Lipinski definition) is 1. The smallest absolute Gasteiger partial charge is 1.00 e. The molecular weight excluding hydrogens is 280 g/mol. The van der Waals surface area contributed by atoms with Crippen molar-refractivity contribution >= 4 is 43.7 Å². The minimum absolute atomic E-state index is 0. The maximum atomic E-state index is 10.3. The first-order valence-electron chi connectivity index (χ1n) is 7.99. The summed E-state index contributed by atoms with van der Waals surface area (Å²) in [6.45, 7) is 2.26. The maximum absolute atomic E-state index is 10.3. The van der Waals surface area contributed by atoms with Gasteiger partial charge in [-0.15, -0.1) is 0 Å². The Morgan fingerprint density at radius 2 is 1.05 bits per heavy atom. The molecular formula is C16H36CaO3. The van der Waals surface area contributed by atoms with Gasteiger partial charge >= 0.3 is 43.7 Å². The summed E-state index contributed by atoms with van der Waals surface area (Å²) in [5.74, 6) is -0.655. The third-order valence-corrected chi connectivity index (χ3v) is 3.49. The van der Waals surface area contributed by atoms with Gasteiger partial charge in [0.25, 0.3) is 0 Å². The monoisotopic (exact) mass is 316 g/mol. The fourth-order valence-corrected chi connectivity index (χ4v) is 2.29. The average molecular weight is 317 g/mol. The molecule has 0 amide bonds. The molecule has 0 aliphatic carbocycles. The predicted octanol–water partition coefficient (Wildman–Crippen LogP) is 4.57. The standard InChI is InChI=1S/C16H32O2.Ca.H2O.2H/c1-2-3-4-5-6-7-8-9-10-11-12-13-14-15-16(17)18;;;;/h2-15H2,1H3,(H,17,18);;1H2;;/q;+2;;2*-1. The number of carboxylic acids is 1. The van der Waals surface area contributed by atoms with E-state index in [-0.39, 0.29) is 46.1 Å². The van der Waals surface area contributed by atoms with Crippen molar-refractivity contribution in [1.29, 1.82) is 0 Å². The number of carboxylic acid groups (broad SMARTS) is 1. The molecule has 0 saturated carbocycles. The van der Waals surface area contributed by atoms with Gasteiger partial charge in [0.05, 0.1) is 0 Å². The van der Waals surface area contributed by atoms with Crippen LogP contribution in [0.4, 0.5) is 0 Å². The molecule has 20 heavy (non-hydrogen) atoms. The van der Waals surface area contributed by atoms with Crippen LogP contribution in [0.25, 0.3) is 0 Å². The van der Waals surface area contributed by atoms with Crippen LogP contribution in [0.3, 0.4) is 0 Å². The number of hydrogen-bond acceptors (Lipinski definition) is 1. The van der Waals surface area contributed by atoms with Gasteiger partial charge in [-0.05, 0) is 6.42 Å². The summed E-state index contributed by atoms with van der Waals surface area (Å²) in [5.41, 5.74) is 0. The van der Waals surface area contributed by atoms with E-state index in [9.17, 15) is 4.79 Å². The first-order chi connectivity index (χ1) is 8.77. The molecule has 0 spiro atoms. The van der Waals surface area contributed by atoms with Crippen LogP contribution in [0, 0.1) is 0 Å². The second-order valence-corrected chi connectivity index (χ2v) is 5.39. The molecule has 0 aromatic heterocycles. The molecule has 0 radical (unpaired) electrons. The minimum atomic E-state index is -0.655. The van der Waals surface area contributed by atoms with E-state index in [1.165, 1.54) is 70.6 Å². The predicted molar refractivity (Wildman–Crippen MR) is 89.5 cm³/mol. The van der Waals surface area contributed by atoms with Gasteiger partial charge in [0, 0.05) is 6.42 Å². The van der Waals surface area contributed by atoms with Crippen LogP contribution in [0.2, 0.25) is 0 Å². The Morgan fingerprint density at radius 3 is 1.35 bits per heavy atom. The van der Waals surface area contributed by atoms with Crippen molar-refractivity contribution in [1.82, 2.24) is 0 Å². The number of rotatable bonds is 14. The van der Waals surface area contributed by atoms with Gasteiger partial charge < -0.3 is 13.4 Å². The Kier molecular flexibility index (Phi) is 28.2. The fraction of sp³-hybridized carbons (Fsp3) is 0.938. The van der Waals surface area contributed by atoms with Crippen molar-refractivity contribution < 1.29 is 18.2 Å². The van der Waals surface area contributed by atoms with Crippen LogP contribution in [-0.2, 0) is 4.79 Å². The Hall–Kier alpha value is 0.690. The van der Waals surface area contributed by atoms with Crippen LogP contribution in [0.5, 0.6) is 0 Å². The van der Waals surface area contributed by atoms with E-state index in [0.29, 0.717) is 6.42 Å². The molecule has 0 atom stereocenters. The van der Waals surface area contributed by atoms with E-state index in [1.807, 2.05) is 0 Å². The second-order valence-electron chi connectivity index (χ2n) is 5.39. The molecule has 0 aromatic rings. The summed E-state index contributed by atoms with van der Waals surface area (Å²) >= 11 is 0. The quantitative estimate of drug-likeness (QED) is 0.376. The molecule has 4 heteroatoms. The zero-order chi connectivity index (χ0) is 13.5. The first-order valence-corrected chi connectivity index (χ1v) is 7.99. The summed E-state index contributed by atoms with van der Waals surface area (Å²) < 4.78 is 0. The SMILES string of the molecule is CCCCCCCCCCCCCCCC(=O)O.O.[Ca+2].[H-].[H-]. The van der Waals surface area contributed by atoms with Crippen LogP contribution >= 0.6 is 0 Å². The molecule has 0 rings (SSSR count). The van der Waals surface area contributed by atoms with E-state index in [2.05, 4.69) is 6.92 Å². The molecule has 3 N–H and O–H groups in total. The number of unbranched alkanes of at least 4 members (excludes halogenated alkanes) is 12. The zero-order valence-electron chi connectivity index (χ0n) is 15.5. The Balaban J connectivity index is -0.000000241. The first kappa shape index (κ1) is 25.6. The van der Waals surface area contributed by atoms with Gasteiger partial charge in [-0.3, -0.25) is 4.79 Å². The topological polar surface area (TPSA) is 68.8 Å². The van der Waals surface area contributed by atoms with Gasteiger partial charge in [0.2, 0.25) is 0 Å². The normalized spacial score (nSPS) is 9.65. The largest absolute Gasteiger partial charge is 2.00 e. The Labute approximate surface area is 158 Å². The van der Waals surface area contributed by atoms with Crippen molar-refractivity contribution in [2.45, 2.75) is 96.8 Å². The van der Waals surface area contributed by atoms with E-state index in [4.69, 9.17) is 5.11 Å². The fourth-order valence-electron chi connectivity index (χ4n) is 2.29. The van der Waals surface area contributed by atoms with E-state index >= 15 is 0 Å². The van der Waals surface area contributed by atoms with E-state index < -0.39 is 5.97 Å². The molecule has 0 aromatic carbocycles. The van der Waals surface area contributed by atoms with Crippen molar-refractivity contribution in [2.24, 2.45) is 0 Å². The molecule has 0 saturated heterocycles. The van der Waals surface area contributed by atoms with Crippen LogP contribution in [0.15, 0.2) is 0 Å². The zero-order valence-corrected chi connectivity index (χ0v) is 15.7. The third kappa shape index (κ3) is 23.8. The van der Waals surface area contributed by atoms with Crippen molar-refractivity contribution in [2.75, 3.05) is 0 Å². The van der Waals surface area contributed by atoms with Crippen molar-refractivity contribution in [3.05, 3.63) is 0 Å². The van der Waals surface area contributed by atoms with Gasteiger partial charge in [-0.1, -0.05) is 84.0 Å². The third-order valence-electron chi connectivity index (χ3n) is 3.49. The van der Waals surface area contributed by atoms with Crippen LogP contribution < -0.4 is 0 Å². The summed E-state index contributed by atoms with van der Waals surface area (Å²) in [4.78, 5) is 10.3. The van der Waals surface area contributed by atoms with Gasteiger partial charge in [-0.25, -0.2) is 0 Å². The molecule has 0 fully saturated rings. The van der Waals surface area contributed by atoms with E-state index in [0.717, 1.165) is 12.8 Å². The summed E-state index contributed by atoms with van der Waals surface area (Å²) in [7, 11) is 0. The molecule has 0 aliphatic heterocycles.